The third-order valence-corrected chi connectivity index (χ3v) is 11.2. The molecule has 0 saturated carbocycles. The average molecular weight is 706 g/mol. The molecule has 15 heteroatoms. The van der Waals surface area contributed by atoms with E-state index in [2.05, 4.69) is 10.3 Å². The number of aliphatic imine (C=N–C) groups is 1. The van der Waals surface area contributed by atoms with Crippen LogP contribution in [0.25, 0.3) is 0 Å². The number of aryl methyl sites for hydroxylation is 2. The van der Waals surface area contributed by atoms with E-state index in [0.717, 1.165) is 23.3 Å². The average Bonchev–Trinajstić information content (AvgIpc) is 3.64. The van der Waals surface area contributed by atoms with Crippen molar-refractivity contribution in [1.82, 2.24) is 19.4 Å². The van der Waals surface area contributed by atoms with Crippen LogP contribution in [0.15, 0.2) is 47.5 Å². The lowest BCUT2D eigenvalue weighted by Crippen LogP contribution is -2.50. The first-order valence-electron chi connectivity index (χ1n) is 16.2. The molecule has 2 fully saturated rings. The highest BCUT2D eigenvalue weighted by Gasteiger charge is 2.47. The standard InChI is InChI=1S/C34H42F3N5O6S/c1-22-19-25(29(43)41-15-11-27(21-41)40(5)31(45)48-32(2,3)4)10-9-23(22)12-18-49(46,47)42-16-13-33(14-17-42)30(44)38-28(39-33)24-7-6-8-26(20-24)34(35,36)37/h6-10,19-20,27H,11-18,21H2,1-5H3,(H,38,39,44). The Balaban J connectivity index is 1.16. The van der Waals surface area contributed by atoms with Crippen LogP contribution in [0, 0.1) is 6.92 Å². The number of hydrogen-bond acceptors (Lipinski definition) is 7. The molecule has 1 unspecified atom stereocenters. The Kier molecular flexibility index (Phi) is 9.92. The summed E-state index contributed by atoms with van der Waals surface area (Å²) >= 11 is 0. The summed E-state index contributed by atoms with van der Waals surface area (Å²) in [6.07, 6.45) is -3.94. The molecule has 49 heavy (non-hydrogen) atoms. The molecule has 2 aromatic rings. The number of ether oxygens (including phenoxy) is 1. The number of carbonyl (C=O) groups is 3. The van der Waals surface area contributed by atoms with Gasteiger partial charge in [-0.3, -0.25) is 14.6 Å². The second kappa shape index (κ2) is 13.4. The maximum absolute atomic E-state index is 13.3. The van der Waals surface area contributed by atoms with Crippen molar-refractivity contribution in [3.05, 3.63) is 70.3 Å². The summed E-state index contributed by atoms with van der Waals surface area (Å²) in [5.41, 5.74) is -0.551. The first kappa shape index (κ1) is 36.3. The molecule has 3 aliphatic rings. The monoisotopic (exact) mass is 705 g/mol. The summed E-state index contributed by atoms with van der Waals surface area (Å²) in [7, 11) is -2.04. The number of halogens is 3. The highest BCUT2D eigenvalue weighted by atomic mass is 32.2. The number of nitrogens with zero attached hydrogens (tertiary/aromatic N) is 4. The Bertz CT molecular complexity index is 1760. The van der Waals surface area contributed by atoms with Gasteiger partial charge >= 0.3 is 12.3 Å². The minimum atomic E-state index is -4.55. The van der Waals surface area contributed by atoms with Crippen LogP contribution in [0.2, 0.25) is 0 Å². The Morgan fingerprint density at radius 2 is 1.78 bits per heavy atom. The number of benzene rings is 2. The Morgan fingerprint density at radius 1 is 1.08 bits per heavy atom. The molecule has 266 valence electrons. The summed E-state index contributed by atoms with van der Waals surface area (Å²) in [5, 5.41) is 2.59. The van der Waals surface area contributed by atoms with E-state index in [0.29, 0.717) is 25.1 Å². The van der Waals surface area contributed by atoms with E-state index in [9.17, 15) is 36.0 Å². The largest absolute Gasteiger partial charge is 0.444 e. The van der Waals surface area contributed by atoms with Crippen molar-refractivity contribution < 1.29 is 40.7 Å². The van der Waals surface area contributed by atoms with Gasteiger partial charge in [-0.15, -0.1) is 0 Å². The highest BCUT2D eigenvalue weighted by molar-refractivity contribution is 7.89. The molecule has 0 aliphatic carbocycles. The molecule has 3 aliphatic heterocycles. The summed E-state index contributed by atoms with van der Waals surface area (Å²) < 4.78 is 73.0. The van der Waals surface area contributed by atoms with Gasteiger partial charge in [-0.05, 0) is 88.8 Å². The molecule has 0 bridgehead atoms. The highest BCUT2D eigenvalue weighted by Crippen LogP contribution is 2.34. The van der Waals surface area contributed by atoms with Crippen molar-refractivity contribution in [2.45, 2.75) is 76.7 Å². The summed E-state index contributed by atoms with van der Waals surface area (Å²) in [6.45, 7) is 8.18. The summed E-state index contributed by atoms with van der Waals surface area (Å²) in [5.74, 6) is -0.757. The maximum Gasteiger partial charge on any atom is 0.416 e. The van der Waals surface area contributed by atoms with E-state index in [4.69, 9.17) is 4.74 Å². The maximum atomic E-state index is 13.3. The number of alkyl halides is 3. The molecule has 3 heterocycles. The van der Waals surface area contributed by atoms with Gasteiger partial charge in [-0.1, -0.05) is 18.2 Å². The topological polar surface area (TPSA) is 129 Å². The normalized spacial score (nSPS) is 19.9. The van der Waals surface area contributed by atoms with Crippen LogP contribution in [-0.4, -0.2) is 102 Å². The second-order valence-electron chi connectivity index (χ2n) is 13.9. The van der Waals surface area contributed by atoms with Crippen LogP contribution < -0.4 is 5.32 Å². The third kappa shape index (κ3) is 8.09. The number of likely N-dealkylation sites (tertiary alicyclic amines) is 1. The minimum Gasteiger partial charge on any atom is -0.444 e. The van der Waals surface area contributed by atoms with Crippen molar-refractivity contribution in [3.8, 4) is 0 Å². The number of piperidine rings is 1. The van der Waals surface area contributed by atoms with Gasteiger partial charge in [0.05, 0.1) is 17.4 Å². The molecule has 1 N–H and O–H groups in total. The van der Waals surface area contributed by atoms with Gasteiger partial charge < -0.3 is 19.9 Å². The second-order valence-corrected chi connectivity index (χ2v) is 16.0. The van der Waals surface area contributed by atoms with Crippen molar-refractivity contribution in [2.75, 3.05) is 39.0 Å². The SMILES string of the molecule is Cc1cc(C(=O)N2CCC(N(C)C(=O)OC(C)(C)C)C2)ccc1CCS(=O)(=O)N1CCC2(CC1)N=C(c1cccc(C(F)(F)F)c1)NC2=O. The van der Waals surface area contributed by atoms with Crippen molar-refractivity contribution in [2.24, 2.45) is 4.99 Å². The number of hydrogen-bond donors (Lipinski definition) is 1. The van der Waals surface area contributed by atoms with Gasteiger partial charge in [0.15, 0.2) is 0 Å². The lowest BCUT2D eigenvalue weighted by Gasteiger charge is -2.34. The van der Waals surface area contributed by atoms with Crippen LogP contribution in [0.5, 0.6) is 0 Å². The molecular weight excluding hydrogens is 663 g/mol. The van der Waals surface area contributed by atoms with Gasteiger partial charge in [-0.2, -0.15) is 13.2 Å². The van der Waals surface area contributed by atoms with Gasteiger partial charge in [0.1, 0.15) is 17.0 Å². The number of likely N-dealkylation sites (N-methyl/N-ethyl adjacent to an activating group) is 1. The zero-order chi connectivity index (χ0) is 35.9. The number of carbonyl (C=O) groups excluding carboxylic acids is 3. The molecule has 11 nitrogen and oxygen atoms in total. The lowest BCUT2D eigenvalue weighted by molar-refractivity contribution is -0.137. The van der Waals surface area contributed by atoms with Gasteiger partial charge in [0.25, 0.3) is 11.8 Å². The fraction of sp³-hybridized carbons (Fsp3) is 0.529. The van der Waals surface area contributed by atoms with Gasteiger partial charge in [-0.25, -0.2) is 17.5 Å². The molecule has 0 aromatic heterocycles. The molecule has 3 amide bonds. The molecule has 1 spiro atoms. The third-order valence-electron chi connectivity index (χ3n) is 9.29. The Hall–Kier alpha value is -3.98. The first-order valence-corrected chi connectivity index (χ1v) is 17.8. The molecule has 1 atom stereocenters. The van der Waals surface area contributed by atoms with E-state index in [1.165, 1.54) is 21.3 Å². The number of amidine groups is 1. The van der Waals surface area contributed by atoms with E-state index < -0.39 is 44.9 Å². The smallest absolute Gasteiger partial charge is 0.416 e. The van der Waals surface area contributed by atoms with Crippen molar-refractivity contribution in [1.29, 1.82) is 0 Å². The van der Waals surface area contributed by atoms with Crippen molar-refractivity contribution >= 4 is 33.8 Å². The van der Waals surface area contributed by atoms with Crippen molar-refractivity contribution in [3.63, 3.8) is 0 Å². The zero-order valence-electron chi connectivity index (χ0n) is 28.3. The molecule has 0 radical (unpaired) electrons. The predicted octanol–water partition coefficient (Wildman–Crippen LogP) is 4.38. The summed E-state index contributed by atoms with van der Waals surface area (Å²) in [4.78, 5) is 46.4. The van der Waals surface area contributed by atoms with Gasteiger partial charge in [0, 0.05) is 44.4 Å². The van der Waals surface area contributed by atoms with Crippen LogP contribution in [0.3, 0.4) is 0 Å². The van der Waals surface area contributed by atoms with E-state index >= 15 is 0 Å². The minimum absolute atomic E-state index is 0.0431. The van der Waals surface area contributed by atoms with Crippen LogP contribution in [0.4, 0.5) is 18.0 Å². The first-order chi connectivity index (χ1) is 22.8. The van der Waals surface area contributed by atoms with E-state index in [1.54, 1.807) is 50.9 Å². The molecule has 2 aromatic carbocycles. The molecular formula is C34H42F3N5O6S. The van der Waals surface area contributed by atoms with E-state index in [-0.39, 0.29) is 61.5 Å². The number of amides is 3. The summed E-state index contributed by atoms with van der Waals surface area (Å²) in [6, 6.07) is 9.58. The predicted molar refractivity (Wildman–Crippen MR) is 177 cm³/mol. The van der Waals surface area contributed by atoms with Crippen LogP contribution >= 0.6 is 0 Å². The molecule has 2 saturated heterocycles. The number of sulfonamides is 1. The quantitative estimate of drug-likeness (QED) is 0.456. The van der Waals surface area contributed by atoms with E-state index in [1.807, 2.05) is 6.92 Å². The van der Waals surface area contributed by atoms with Crippen LogP contribution in [-0.2, 0) is 32.2 Å². The Morgan fingerprint density at radius 3 is 2.41 bits per heavy atom. The zero-order valence-corrected chi connectivity index (χ0v) is 29.1. The van der Waals surface area contributed by atoms with Crippen LogP contribution in [0.1, 0.15) is 72.6 Å². The van der Waals surface area contributed by atoms with Gasteiger partial charge in [0.2, 0.25) is 10.0 Å². The Labute approximate surface area is 284 Å². The lowest BCUT2D eigenvalue weighted by atomic mass is 9.89. The fourth-order valence-corrected chi connectivity index (χ4v) is 7.83. The fourth-order valence-electron chi connectivity index (χ4n) is 6.35. The molecule has 5 rings (SSSR count). The number of nitrogens with one attached hydrogen (secondary N) is 1. The number of rotatable bonds is 7.